The van der Waals surface area contributed by atoms with Crippen molar-refractivity contribution in [2.75, 3.05) is 54.1 Å². The molecule has 1 heterocycles. The fraction of sp³-hybridized carbons (Fsp3) is 0.480. The van der Waals surface area contributed by atoms with Crippen LogP contribution in [-0.4, -0.2) is 69.8 Å². The zero-order valence-corrected chi connectivity index (χ0v) is 20.3. The lowest BCUT2D eigenvalue weighted by atomic mass is 10.1. The van der Waals surface area contributed by atoms with Gasteiger partial charge in [-0.25, -0.2) is 0 Å². The van der Waals surface area contributed by atoms with E-state index in [1.807, 2.05) is 0 Å². The smallest absolute Gasteiger partial charge is 0.416 e. The number of rotatable bonds is 9. The summed E-state index contributed by atoms with van der Waals surface area (Å²) in [4.78, 5) is 16.9. The third-order valence-electron chi connectivity index (χ3n) is 6.00. The van der Waals surface area contributed by atoms with Crippen LogP contribution in [0.25, 0.3) is 0 Å². The van der Waals surface area contributed by atoms with Gasteiger partial charge >= 0.3 is 6.18 Å². The SMILES string of the molecule is COc1cc(OC)c(OC)cc1CNC(=O)CN1CCCN(Cc2ccc(C(F)(F)F)cc2)CC1. The molecule has 0 spiro atoms. The van der Waals surface area contributed by atoms with E-state index in [9.17, 15) is 18.0 Å². The lowest BCUT2D eigenvalue weighted by molar-refractivity contribution is -0.137. The van der Waals surface area contributed by atoms with E-state index in [-0.39, 0.29) is 19.0 Å². The van der Waals surface area contributed by atoms with Gasteiger partial charge in [0.25, 0.3) is 0 Å². The third kappa shape index (κ3) is 7.50. The molecule has 1 amide bonds. The number of carbonyl (C=O) groups excluding carboxylic acids is 1. The monoisotopic (exact) mass is 495 g/mol. The van der Waals surface area contributed by atoms with Crippen molar-refractivity contribution < 1.29 is 32.2 Å². The van der Waals surface area contributed by atoms with Gasteiger partial charge in [-0.05, 0) is 43.3 Å². The van der Waals surface area contributed by atoms with Crippen LogP contribution < -0.4 is 19.5 Å². The number of alkyl halides is 3. The Morgan fingerprint density at radius 3 is 2.11 bits per heavy atom. The van der Waals surface area contributed by atoms with Crippen LogP contribution in [0.1, 0.15) is 23.1 Å². The van der Waals surface area contributed by atoms with E-state index in [2.05, 4.69) is 15.1 Å². The molecule has 0 aliphatic carbocycles. The molecule has 0 bridgehead atoms. The number of hydrogen-bond acceptors (Lipinski definition) is 6. The van der Waals surface area contributed by atoms with Crippen molar-refractivity contribution in [3.63, 3.8) is 0 Å². The van der Waals surface area contributed by atoms with Gasteiger partial charge < -0.3 is 19.5 Å². The highest BCUT2D eigenvalue weighted by Crippen LogP contribution is 2.34. The topological polar surface area (TPSA) is 63.3 Å². The summed E-state index contributed by atoms with van der Waals surface area (Å²) in [5.74, 6) is 1.60. The second-order valence-corrected chi connectivity index (χ2v) is 8.40. The van der Waals surface area contributed by atoms with Crippen LogP contribution >= 0.6 is 0 Å². The summed E-state index contributed by atoms with van der Waals surface area (Å²) >= 11 is 0. The largest absolute Gasteiger partial charge is 0.496 e. The quantitative estimate of drug-likeness (QED) is 0.574. The Kier molecular flexibility index (Phi) is 9.22. The fourth-order valence-electron chi connectivity index (χ4n) is 4.08. The molecule has 2 aromatic rings. The van der Waals surface area contributed by atoms with E-state index in [0.29, 0.717) is 30.3 Å². The Balaban J connectivity index is 1.49. The van der Waals surface area contributed by atoms with Crippen molar-refractivity contribution in [2.24, 2.45) is 0 Å². The van der Waals surface area contributed by atoms with E-state index in [1.54, 1.807) is 33.5 Å². The number of benzene rings is 2. The summed E-state index contributed by atoms with van der Waals surface area (Å²) in [6.45, 7) is 4.17. The minimum atomic E-state index is -4.33. The summed E-state index contributed by atoms with van der Waals surface area (Å²) in [6.07, 6.45) is -3.45. The normalized spacial score (nSPS) is 15.4. The number of methoxy groups -OCH3 is 3. The molecule has 0 unspecified atom stereocenters. The average Bonchev–Trinajstić information content (AvgIpc) is 3.06. The molecule has 0 saturated carbocycles. The van der Waals surface area contributed by atoms with Crippen molar-refractivity contribution >= 4 is 5.91 Å². The molecule has 0 radical (unpaired) electrons. The van der Waals surface area contributed by atoms with Crippen LogP contribution in [0.4, 0.5) is 13.2 Å². The molecular formula is C25H32F3N3O4. The summed E-state index contributed by atoms with van der Waals surface area (Å²) in [7, 11) is 4.65. The maximum atomic E-state index is 12.8. The van der Waals surface area contributed by atoms with Crippen LogP contribution in [0, 0.1) is 0 Å². The van der Waals surface area contributed by atoms with Gasteiger partial charge in [-0.1, -0.05) is 12.1 Å². The second-order valence-electron chi connectivity index (χ2n) is 8.40. The van der Waals surface area contributed by atoms with E-state index < -0.39 is 11.7 Å². The molecule has 2 aromatic carbocycles. The van der Waals surface area contributed by atoms with Crippen LogP contribution in [-0.2, 0) is 24.1 Å². The van der Waals surface area contributed by atoms with Crippen molar-refractivity contribution in [3.8, 4) is 17.2 Å². The van der Waals surface area contributed by atoms with Crippen LogP contribution in [0.15, 0.2) is 36.4 Å². The predicted molar refractivity (Wildman–Crippen MR) is 126 cm³/mol. The van der Waals surface area contributed by atoms with Gasteiger partial charge in [-0.2, -0.15) is 13.2 Å². The highest BCUT2D eigenvalue weighted by molar-refractivity contribution is 5.78. The van der Waals surface area contributed by atoms with E-state index in [0.717, 1.165) is 49.3 Å². The first-order valence-electron chi connectivity index (χ1n) is 11.4. The Labute approximate surface area is 203 Å². The number of nitrogens with one attached hydrogen (secondary N) is 1. The summed E-state index contributed by atoms with van der Waals surface area (Å²) in [5, 5.41) is 2.94. The molecule has 1 aliphatic rings. The fourth-order valence-corrected chi connectivity index (χ4v) is 4.08. The van der Waals surface area contributed by atoms with Gasteiger partial charge in [0.15, 0.2) is 11.5 Å². The van der Waals surface area contributed by atoms with E-state index >= 15 is 0 Å². The Hall–Kier alpha value is -2.98. The molecule has 192 valence electrons. The van der Waals surface area contributed by atoms with E-state index in [1.165, 1.54) is 12.1 Å². The van der Waals surface area contributed by atoms with Crippen molar-refractivity contribution in [1.29, 1.82) is 0 Å². The number of halogens is 3. The maximum Gasteiger partial charge on any atom is 0.416 e. The zero-order chi connectivity index (χ0) is 25.4. The van der Waals surface area contributed by atoms with Gasteiger partial charge in [0.2, 0.25) is 5.91 Å². The van der Waals surface area contributed by atoms with Gasteiger partial charge in [-0.3, -0.25) is 14.6 Å². The van der Waals surface area contributed by atoms with Gasteiger partial charge in [0.05, 0.1) is 33.4 Å². The number of carbonyl (C=O) groups is 1. The summed E-state index contributed by atoms with van der Waals surface area (Å²) < 4.78 is 54.3. The van der Waals surface area contributed by atoms with Crippen LogP contribution in [0.2, 0.25) is 0 Å². The Bertz CT molecular complexity index is 983. The first-order valence-corrected chi connectivity index (χ1v) is 11.4. The number of hydrogen-bond donors (Lipinski definition) is 1. The first-order chi connectivity index (χ1) is 16.7. The standard InChI is InChI=1S/C25H32F3N3O4/c1-33-21-14-23(35-3)22(34-2)13-19(21)15-29-24(32)17-31-10-4-9-30(11-12-31)16-18-5-7-20(8-6-18)25(26,27)28/h5-8,13-14H,4,9-12,15-17H2,1-3H3,(H,29,32). The molecule has 10 heteroatoms. The molecule has 1 saturated heterocycles. The number of amides is 1. The molecule has 0 aromatic heterocycles. The van der Waals surface area contributed by atoms with Gasteiger partial charge in [0, 0.05) is 37.8 Å². The number of nitrogens with zero attached hydrogens (tertiary/aromatic N) is 2. The summed E-state index contributed by atoms with van der Waals surface area (Å²) in [5.41, 5.74) is 0.977. The Morgan fingerprint density at radius 1 is 0.886 bits per heavy atom. The van der Waals surface area contributed by atoms with E-state index in [4.69, 9.17) is 14.2 Å². The molecule has 3 rings (SSSR count). The molecule has 1 fully saturated rings. The predicted octanol–water partition coefficient (Wildman–Crippen LogP) is 3.56. The van der Waals surface area contributed by atoms with Crippen LogP contribution in [0.5, 0.6) is 17.2 Å². The lowest BCUT2D eigenvalue weighted by Crippen LogP contribution is -2.39. The maximum absolute atomic E-state index is 12.8. The highest BCUT2D eigenvalue weighted by atomic mass is 19.4. The van der Waals surface area contributed by atoms with Crippen molar-refractivity contribution in [1.82, 2.24) is 15.1 Å². The average molecular weight is 496 g/mol. The van der Waals surface area contributed by atoms with Crippen molar-refractivity contribution in [2.45, 2.75) is 25.7 Å². The Morgan fingerprint density at radius 2 is 1.49 bits per heavy atom. The molecule has 7 nitrogen and oxygen atoms in total. The zero-order valence-electron chi connectivity index (χ0n) is 20.3. The third-order valence-corrected chi connectivity index (χ3v) is 6.00. The van der Waals surface area contributed by atoms with Gasteiger partial charge in [0.1, 0.15) is 5.75 Å². The molecule has 1 aliphatic heterocycles. The molecule has 35 heavy (non-hydrogen) atoms. The minimum absolute atomic E-state index is 0.0990. The number of ether oxygens (including phenoxy) is 3. The molecule has 1 N–H and O–H groups in total. The lowest BCUT2D eigenvalue weighted by Gasteiger charge is -2.22. The van der Waals surface area contributed by atoms with Crippen LogP contribution in [0.3, 0.4) is 0 Å². The molecule has 0 atom stereocenters. The highest BCUT2D eigenvalue weighted by Gasteiger charge is 2.30. The second kappa shape index (κ2) is 12.1. The summed E-state index contributed by atoms with van der Waals surface area (Å²) in [6, 6.07) is 8.81. The first kappa shape index (κ1) is 26.6. The minimum Gasteiger partial charge on any atom is -0.496 e. The van der Waals surface area contributed by atoms with Crippen molar-refractivity contribution in [3.05, 3.63) is 53.1 Å². The molecular weight excluding hydrogens is 463 g/mol. The van der Waals surface area contributed by atoms with Gasteiger partial charge in [-0.15, -0.1) is 0 Å².